The van der Waals surface area contributed by atoms with Crippen molar-refractivity contribution in [1.29, 1.82) is 0 Å². The molecular weight excluding hydrogens is 290 g/mol. The highest BCUT2D eigenvalue weighted by Crippen LogP contribution is 2.23. The van der Waals surface area contributed by atoms with Gasteiger partial charge in [0.05, 0.1) is 10.6 Å². The molecule has 1 unspecified atom stereocenters. The molecule has 1 saturated heterocycles. The van der Waals surface area contributed by atoms with Crippen molar-refractivity contribution in [3.05, 3.63) is 29.0 Å². The molecule has 1 aromatic rings. The van der Waals surface area contributed by atoms with Crippen LogP contribution in [0.1, 0.15) is 26.2 Å². The molecule has 6 heteroatoms. The number of rotatable bonds is 2. The molecule has 106 valence electrons. The molecule has 1 fully saturated rings. The number of anilines is 1. The molecule has 3 nitrogen and oxygen atoms in total. The number of nitrogens with one attached hydrogen (secondary N) is 2. The monoisotopic (exact) mass is 306 g/mol. The van der Waals surface area contributed by atoms with Gasteiger partial charge in [-0.2, -0.15) is 0 Å². The largest absolute Gasteiger partial charge is 0.324 e. The van der Waals surface area contributed by atoms with Gasteiger partial charge in [-0.15, -0.1) is 12.4 Å². The third-order valence-electron chi connectivity index (χ3n) is 3.30. The maximum absolute atomic E-state index is 13.3. The Morgan fingerprint density at radius 1 is 1.47 bits per heavy atom. The van der Waals surface area contributed by atoms with Crippen LogP contribution in [0.5, 0.6) is 0 Å². The maximum atomic E-state index is 13.3. The van der Waals surface area contributed by atoms with E-state index in [0.29, 0.717) is 5.69 Å². The highest BCUT2D eigenvalue weighted by atomic mass is 35.5. The van der Waals surface area contributed by atoms with Crippen LogP contribution in [-0.2, 0) is 4.79 Å². The minimum atomic E-state index is -0.575. The Morgan fingerprint density at radius 2 is 2.21 bits per heavy atom. The minimum absolute atomic E-state index is 0. The van der Waals surface area contributed by atoms with Gasteiger partial charge < -0.3 is 10.6 Å². The fourth-order valence-corrected chi connectivity index (χ4v) is 2.21. The first-order valence-corrected chi connectivity index (χ1v) is 6.41. The van der Waals surface area contributed by atoms with Gasteiger partial charge in [-0.1, -0.05) is 11.6 Å². The molecular formula is C13H17Cl2FN2O. The summed E-state index contributed by atoms with van der Waals surface area (Å²) in [6.07, 6.45) is 2.89. The Labute approximate surface area is 123 Å². The smallest absolute Gasteiger partial charge is 0.244 e. The van der Waals surface area contributed by atoms with Gasteiger partial charge in [-0.05, 0) is 50.9 Å². The number of benzene rings is 1. The minimum Gasteiger partial charge on any atom is -0.324 e. The predicted molar refractivity (Wildman–Crippen MR) is 77.5 cm³/mol. The van der Waals surface area contributed by atoms with Crippen LogP contribution >= 0.6 is 24.0 Å². The predicted octanol–water partition coefficient (Wildman–Crippen LogP) is 3.37. The van der Waals surface area contributed by atoms with Crippen molar-refractivity contribution in [3.8, 4) is 0 Å². The molecule has 1 aromatic carbocycles. The molecule has 0 spiro atoms. The van der Waals surface area contributed by atoms with E-state index in [4.69, 9.17) is 11.6 Å². The maximum Gasteiger partial charge on any atom is 0.244 e. The second-order valence-electron chi connectivity index (χ2n) is 4.80. The van der Waals surface area contributed by atoms with Gasteiger partial charge in [0.15, 0.2) is 0 Å². The highest BCUT2D eigenvalue weighted by molar-refractivity contribution is 6.30. The fraction of sp³-hybridized carbons (Fsp3) is 0.462. The van der Waals surface area contributed by atoms with Gasteiger partial charge in [-0.3, -0.25) is 4.79 Å². The van der Waals surface area contributed by atoms with E-state index in [9.17, 15) is 9.18 Å². The van der Waals surface area contributed by atoms with Gasteiger partial charge in [0.25, 0.3) is 0 Å². The number of halogens is 3. The molecule has 2 N–H and O–H groups in total. The summed E-state index contributed by atoms with van der Waals surface area (Å²) < 4.78 is 13.3. The van der Waals surface area contributed by atoms with E-state index in [0.717, 1.165) is 25.8 Å². The van der Waals surface area contributed by atoms with Crippen LogP contribution in [0.15, 0.2) is 18.2 Å². The number of hydrogen-bond acceptors (Lipinski definition) is 2. The zero-order valence-corrected chi connectivity index (χ0v) is 12.2. The lowest BCUT2D eigenvalue weighted by Gasteiger charge is -2.33. The highest BCUT2D eigenvalue weighted by Gasteiger charge is 2.34. The van der Waals surface area contributed by atoms with Gasteiger partial charge in [-0.25, -0.2) is 4.39 Å². The molecule has 1 aliphatic heterocycles. The molecule has 0 aromatic heterocycles. The van der Waals surface area contributed by atoms with Crippen molar-refractivity contribution in [1.82, 2.24) is 5.32 Å². The van der Waals surface area contributed by atoms with Crippen LogP contribution < -0.4 is 10.6 Å². The van der Waals surface area contributed by atoms with E-state index < -0.39 is 11.4 Å². The van der Waals surface area contributed by atoms with Gasteiger partial charge in [0, 0.05) is 5.69 Å². The molecule has 0 bridgehead atoms. The topological polar surface area (TPSA) is 41.1 Å². The Bertz CT molecular complexity index is 462. The fourth-order valence-electron chi connectivity index (χ4n) is 2.09. The summed E-state index contributed by atoms with van der Waals surface area (Å²) in [6.45, 7) is 2.70. The summed E-state index contributed by atoms with van der Waals surface area (Å²) in [5.74, 6) is -0.667. The first kappa shape index (κ1) is 16.2. The quantitative estimate of drug-likeness (QED) is 0.879. The second kappa shape index (κ2) is 6.55. The molecule has 1 aliphatic rings. The molecule has 19 heavy (non-hydrogen) atoms. The standard InChI is InChI=1S/C13H16ClFN2O.ClH/c1-13(6-2-3-7-16-13)12(18)17-9-4-5-10(14)11(15)8-9;/h4-5,8,16H,2-3,6-7H2,1H3,(H,17,18);1H. The normalized spacial score (nSPS) is 22.5. The second-order valence-corrected chi connectivity index (χ2v) is 5.21. The summed E-state index contributed by atoms with van der Waals surface area (Å²) in [5, 5.41) is 5.98. The Kier molecular flexibility index (Phi) is 5.59. The van der Waals surface area contributed by atoms with E-state index in [1.807, 2.05) is 6.92 Å². The molecule has 1 amide bonds. The number of carbonyl (C=O) groups excluding carboxylic acids is 1. The number of carbonyl (C=O) groups is 1. The average Bonchev–Trinajstić information content (AvgIpc) is 2.35. The molecule has 1 atom stereocenters. The lowest BCUT2D eigenvalue weighted by Crippen LogP contribution is -2.54. The zero-order valence-electron chi connectivity index (χ0n) is 10.6. The third-order valence-corrected chi connectivity index (χ3v) is 3.60. The number of amides is 1. The van der Waals surface area contributed by atoms with Gasteiger partial charge in [0.1, 0.15) is 5.82 Å². The molecule has 0 saturated carbocycles. The van der Waals surface area contributed by atoms with Gasteiger partial charge >= 0.3 is 0 Å². The molecule has 1 heterocycles. The summed E-state index contributed by atoms with van der Waals surface area (Å²) >= 11 is 5.59. The lowest BCUT2D eigenvalue weighted by atomic mass is 9.90. The van der Waals surface area contributed by atoms with Crippen LogP contribution in [0.25, 0.3) is 0 Å². The first-order valence-electron chi connectivity index (χ1n) is 6.03. The lowest BCUT2D eigenvalue weighted by molar-refractivity contribution is -0.122. The molecule has 2 rings (SSSR count). The van der Waals surface area contributed by atoms with Crippen molar-refractivity contribution >= 4 is 35.6 Å². The van der Waals surface area contributed by atoms with Crippen molar-refractivity contribution in [3.63, 3.8) is 0 Å². The summed E-state index contributed by atoms with van der Waals surface area (Å²) in [5.41, 5.74) is -0.149. The van der Waals surface area contributed by atoms with E-state index in [-0.39, 0.29) is 23.3 Å². The Hall–Kier alpha value is -0.840. The van der Waals surface area contributed by atoms with Gasteiger partial charge in [0.2, 0.25) is 5.91 Å². The Balaban J connectivity index is 0.00000180. The van der Waals surface area contributed by atoms with E-state index in [2.05, 4.69) is 10.6 Å². The Morgan fingerprint density at radius 3 is 2.79 bits per heavy atom. The van der Waals surface area contributed by atoms with E-state index in [1.54, 1.807) is 6.07 Å². The summed E-state index contributed by atoms with van der Waals surface area (Å²) in [7, 11) is 0. The summed E-state index contributed by atoms with van der Waals surface area (Å²) in [6, 6.07) is 4.26. The average molecular weight is 307 g/mol. The zero-order chi connectivity index (χ0) is 13.2. The van der Waals surface area contributed by atoms with Crippen molar-refractivity contribution in [2.24, 2.45) is 0 Å². The van der Waals surface area contributed by atoms with Crippen molar-refractivity contribution in [2.45, 2.75) is 31.7 Å². The van der Waals surface area contributed by atoms with E-state index in [1.165, 1.54) is 12.1 Å². The van der Waals surface area contributed by atoms with Crippen molar-refractivity contribution in [2.75, 3.05) is 11.9 Å². The number of hydrogen-bond donors (Lipinski definition) is 2. The van der Waals surface area contributed by atoms with Crippen LogP contribution in [0.3, 0.4) is 0 Å². The first-order chi connectivity index (χ1) is 8.51. The molecule has 0 aliphatic carbocycles. The van der Waals surface area contributed by atoms with E-state index >= 15 is 0 Å². The summed E-state index contributed by atoms with van der Waals surface area (Å²) in [4.78, 5) is 12.2. The number of piperidine rings is 1. The van der Waals surface area contributed by atoms with Crippen molar-refractivity contribution < 1.29 is 9.18 Å². The van der Waals surface area contributed by atoms with Crippen LogP contribution in [0.2, 0.25) is 5.02 Å². The van der Waals surface area contributed by atoms with Crippen LogP contribution in [0.4, 0.5) is 10.1 Å². The third kappa shape index (κ3) is 3.81. The van der Waals surface area contributed by atoms with Crippen LogP contribution in [-0.4, -0.2) is 18.0 Å². The SMILES string of the molecule is CC1(C(=O)Nc2ccc(Cl)c(F)c2)CCCCN1.Cl. The van der Waals surface area contributed by atoms with Crippen LogP contribution in [0, 0.1) is 5.82 Å². The molecule has 0 radical (unpaired) electrons.